The van der Waals surface area contributed by atoms with Gasteiger partial charge in [-0.15, -0.1) is 0 Å². The molecule has 4 N–H and O–H groups in total. The average Bonchev–Trinajstić information content (AvgIpc) is 2.75. The van der Waals surface area contributed by atoms with Gasteiger partial charge in [-0.05, 0) is 48.0 Å². The molecule has 0 heterocycles. The minimum Gasteiger partial charge on any atom is -0.364 e. The first-order chi connectivity index (χ1) is 14.0. The minimum absolute atomic E-state index is 0.0114. The second kappa shape index (κ2) is 9.14. The number of rotatable bonds is 6. The fraction of sp³-hybridized carbons (Fsp3) is 0. The smallest absolute Gasteiger partial charge is 0.265 e. The minimum atomic E-state index is -0.742. The van der Waals surface area contributed by atoms with Gasteiger partial charge in [-0.25, -0.2) is 0 Å². The number of benzene rings is 3. The van der Waals surface area contributed by atoms with Gasteiger partial charge < -0.3 is 16.4 Å². The van der Waals surface area contributed by atoms with Gasteiger partial charge in [-0.3, -0.25) is 14.4 Å². The Bertz CT molecular complexity index is 1040. The molecule has 0 fully saturated rings. The zero-order chi connectivity index (χ0) is 20.6. The third kappa shape index (κ3) is 5.40. The van der Waals surface area contributed by atoms with Gasteiger partial charge in [0.15, 0.2) is 0 Å². The normalized spacial score (nSPS) is 10.8. The average molecular weight is 385 g/mol. The lowest BCUT2D eigenvalue weighted by molar-refractivity contribution is -0.114. The van der Waals surface area contributed by atoms with Crippen LogP contribution in [-0.2, 0) is 4.79 Å². The van der Waals surface area contributed by atoms with Gasteiger partial charge in [0.1, 0.15) is 5.70 Å². The Labute approximate surface area is 168 Å². The molecule has 3 aromatic carbocycles. The van der Waals surface area contributed by atoms with Crippen molar-refractivity contribution < 1.29 is 14.4 Å². The predicted molar refractivity (Wildman–Crippen MR) is 112 cm³/mol. The first kappa shape index (κ1) is 19.6. The fourth-order valence-electron chi connectivity index (χ4n) is 2.58. The molecule has 0 radical (unpaired) electrons. The number of amides is 3. The van der Waals surface area contributed by atoms with Crippen LogP contribution in [0.25, 0.3) is 6.08 Å². The second-order valence-electron chi connectivity index (χ2n) is 6.18. The molecule has 0 atom stereocenters. The van der Waals surface area contributed by atoms with E-state index in [2.05, 4.69) is 10.6 Å². The number of carbonyl (C=O) groups is 3. The van der Waals surface area contributed by atoms with E-state index in [0.29, 0.717) is 16.8 Å². The summed E-state index contributed by atoms with van der Waals surface area (Å²) in [6, 6.07) is 24.2. The zero-order valence-electron chi connectivity index (χ0n) is 15.5. The van der Waals surface area contributed by atoms with Crippen LogP contribution in [0.2, 0.25) is 0 Å². The molecule has 6 nitrogen and oxygen atoms in total. The highest BCUT2D eigenvalue weighted by Crippen LogP contribution is 2.12. The van der Waals surface area contributed by atoms with Crippen LogP contribution in [0.3, 0.4) is 0 Å². The van der Waals surface area contributed by atoms with Crippen molar-refractivity contribution in [3.8, 4) is 0 Å². The molecule has 3 rings (SSSR count). The quantitative estimate of drug-likeness (QED) is 0.568. The van der Waals surface area contributed by atoms with E-state index in [0.717, 1.165) is 5.56 Å². The number of anilines is 1. The Morgan fingerprint density at radius 1 is 0.690 bits per heavy atom. The maximum atomic E-state index is 12.5. The highest BCUT2D eigenvalue weighted by atomic mass is 16.2. The van der Waals surface area contributed by atoms with Crippen LogP contribution in [0.5, 0.6) is 0 Å². The SMILES string of the molecule is NC(=O)/C(=C/c1ccccc1)NC(=O)c1ccc(NC(=O)c2ccccc2)cc1. The molecule has 144 valence electrons. The molecule has 0 aliphatic heterocycles. The molecule has 0 bridgehead atoms. The molecule has 0 aliphatic rings. The Morgan fingerprint density at radius 3 is 1.83 bits per heavy atom. The van der Waals surface area contributed by atoms with Crippen molar-refractivity contribution in [3.63, 3.8) is 0 Å². The van der Waals surface area contributed by atoms with Crippen LogP contribution in [0, 0.1) is 0 Å². The molecule has 3 aromatic rings. The van der Waals surface area contributed by atoms with E-state index in [9.17, 15) is 14.4 Å². The van der Waals surface area contributed by atoms with E-state index in [1.165, 1.54) is 6.08 Å². The lowest BCUT2D eigenvalue weighted by Gasteiger charge is -2.09. The van der Waals surface area contributed by atoms with Crippen molar-refractivity contribution in [1.29, 1.82) is 0 Å². The van der Waals surface area contributed by atoms with E-state index < -0.39 is 11.8 Å². The van der Waals surface area contributed by atoms with E-state index in [1.807, 2.05) is 24.3 Å². The fourth-order valence-corrected chi connectivity index (χ4v) is 2.58. The number of nitrogens with one attached hydrogen (secondary N) is 2. The summed E-state index contributed by atoms with van der Waals surface area (Å²) in [6.07, 6.45) is 1.51. The highest BCUT2D eigenvalue weighted by Gasteiger charge is 2.12. The summed E-state index contributed by atoms with van der Waals surface area (Å²) in [6.45, 7) is 0. The molecule has 29 heavy (non-hydrogen) atoms. The molecule has 0 saturated heterocycles. The van der Waals surface area contributed by atoms with E-state index in [1.54, 1.807) is 60.7 Å². The van der Waals surface area contributed by atoms with E-state index in [-0.39, 0.29) is 11.6 Å². The van der Waals surface area contributed by atoms with Gasteiger partial charge in [0.2, 0.25) is 0 Å². The Balaban J connectivity index is 1.69. The molecule has 0 aliphatic carbocycles. The summed E-state index contributed by atoms with van der Waals surface area (Å²) in [5.74, 6) is -1.47. The van der Waals surface area contributed by atoms with E-state index >= 15 is 0 Å². The summed E-state index contributed by atoms with van der Waals surface area (Å²) >= 11 is 0. The lowest BCUT2D eigenvalue weighted by atomic mass is 10.1. The van der Waals surface area contributed by atoms with Crippen LogP contribution in [0.15, 0.2) is 90.6 Å². The van der Waals surface area contributed by atoms with Gasteiger partial charge in [-0.1, -0.05) is 48.5 Å². The standard InChI is InChI=1S/C23H19N3O3/c24-21(27)20(15-16-7-3-1-4-8-16)26-23(29)18-11-13-19(14-12-18)25-22(28)17-9-5-2-6-10-17/h1-15H,(H2,24,27)(H,25,28)(H,26,29)/b20-15-. The number of primary amides is 1. The molecule has 0 spiro atoms. The topological polar surface area (TPSA) is 101 Å². The van der Waals surface area contributed by atoms with Gasteiger partial charge in [-0.2, -0.15) is 0 Å². The van der Waals surface area contributed by atoms with Gasteiger partial charge in [0.25, 0.3) is 17.7 Å². The maximum Gasteiger partial charge on any atom is 0.265 e. The first-order valence-electron chi connectivity index (χ1n) is 8.87. The zero-order valence-corrected chi connectivity index (χ0v) is 15.5. The second-order valence-corrected chi connectivity index (χ2v) is 6.18. The maximum absolute atomic E-state index is 12.5. The molecule has 0 unspecified atom stereocenters. The number of hydrogen-bond acceptors (Lipinski definition) is 3. The predicted octanol–water partition coefficient (Wildman–Crippen LogP) is 3.20. The summed E-state index contributed by atoms with van der Waals surface area (Å²) in [4.78, 5) is 36.3. The van der Waals surface area contributed by atoms with Gasteiger partial charge >= 0.3 is 0 Å². The van der Waals surface area contributed by atoms with Crippen LogP contribution in [0.1, 0.15) is 26.3 Å². The largest absolute Gasteiger partial charge is 0.364 e. The summed E-state index contributed by atoms with van der Waals surface area (Å²) in [5, 5.41) is 5.29. The third-order valence-corrected chi connectivity index (χ3v) is 4.07. The lowest BCUT2D eigenvalue weighted by Crippen LogP contribution is -2.31. The molecular formula is C23H19N3O3. The van der Waals surface area contributed by atoms with Crippen LogP contribution in [-0.4, -0.2) is 17.7 Å². The van der Waals surface area contributed by atoms with E-state index in [4.69, 9.17) is 5.73 Å². The summed E-state index contributed by atoms with van der Waals surface area (Å²) in [7, 11) is 0. The Hall–Kier alpha value is -4.19. The number of carbonyl (C=O) groups excluding carboxylic acids is 3. The van der Waals surface area contributed by atoms with Gasteiger partial charge in [0.05, 0.1) is 0 Å². The molecule has 3 amide bonds. The Morgan fingerprint density at radius 2 is 1.24 bits per heavy atom. The summed E-state index contributed by atoms with van der Waals surface area (Å²) in [5.41, 5.74) is 7.50. The van der Waals surface area contributed by atoms with Crippen molar-refractivity contribution in [2.45, 2.75) is 0 Å². The summed E-state index contributed by atoms with van der Waals surface area (Å²) < 4.78 is 0. The van der Waals surface area contributed by atoms with Crippen LogP contribution in [0.4, 0.5) is 5.69 Å². The number of nitrogens with two attached hydrogens (primary N) is 1. The highest BCUT2D eigenvalue weighted by molar-refractivity contribution is 6.06. The molecular weight excluding hydrogens is 366 g/mol. The van der Waals surface area contributed by atoms with Gasteiger partial charge in [0, 0.05) is 16.8 Å². The first-order valence-corrected chi connectivity index (χ1v) is 8.87. The third-order valence-electron chi connectivity index (χ3n) is 4.07. The number of hydrogen-bond donors (Lipinski definition) is 3. The van der Waals surface area contributed by atoms with Crippen molar-refractivity contribution >= 4 is 29.5 Å². The molecule has 6 heteroatoms. The van der Waals surface area contributed by atoms with Crippen LogP contribution >= 0.6 is 0 Å². The Kier molecular flexibility index (Phi) is 6.17. The van der Waals surface area contributed by atoms with Crippen molar-refractivity contribution in [3.05, 3.63) is 107 Å². The molecule has 0 aromatic heterocycles. The monoisotopic (exact) mass is 385 g/mol. The van der Waals surface area contributed by atoms with Crippen molar-refractivity contribution in [2.75, 3.05) is 5.32 Å². The van der Waals surface area contributed by atoms with Crippen molar-refractivity contribution in [2.24, 2.45) is 5.73 Å². The molecule has 0 saturated carbocycles. The van der Waals surface area contributed by atoms with Crippen LogP contribution < -0.4 is 16.4 Å². The van der Waals surface area contributed by atoms with Crippen molar-refractivity contribution in [1.82, 2.24) is 5.32 Å².